The van der Waals surface area contributed by atoms with Crippen LogP contribution in [0, 0.1) is 0 Å². The molecule has 2 aromatic carbocycles. The van der Waals surface area contributed by atoms with Crippen molar-refractivity contribution in [1.82, 2.24) is 0 Å². The zero-order valence-electron chi connectivity index (χ0n) is 16.6. The van der Waals surface area contributed by atoms with Gasteiger partial charge in [-0.3, -0.25) is 14.4 Å². The second-order valence-corrected chi connectivity index (χ2v) is 8.46. The van der Waals surface area contributed by atoms with Crippen LogP contribution in [0.5, 0.6) is 0 Å². The molecule has 0 saturated carbocycles. The van der Waals surface area contributed by atoms with Crippen molar-refractivity contribution >= 4 is 40.9 Å². The molecule has 2 amide bonds. The fourth-order valence-electron chi connectivity index (χ4n) is 3.71. The number of fused-ring (bicyclic) bond motifs is 2. The number of halogens is 1. The minimum Gasteiger partial charge on any atom is -0.443 e. The van der Waals surface area contributed by atoms with Crippen molar-refractivity contribution in [2.75, 3.05) is 4.90 Å². The number of amides is 2. The summed E-state index contributed by atoms with van der Waals surface area (Å²) in [5.41, 5.74) is 0.155. The van der Waals surface area contributed by atoms with Gasteiger partial charge in [0.25, 0.3) is 0 Å². The van der Waals surface area contributed by atoms with Gasteiger partial charge in [-0.15, -0.1) is 0 Å². The Hall–Kier alpha value is -3.25. The van der Waals surface area contributed by atoms with Crippen LogP contribution in [0.15, 0.2) is 59.1 Å². The summed E-state index contributed by atoms with van der Waals surface area (Å²) in [5, 5.41) is -0.308. The third kappa shape index (κ3) is 3.04. The summed E-state index contributed by atoms with van der Waals surface area (Å²) >= 11 is 6.32. The van der Waals surface area contributed by atoms with Gasteiger partial charge in [0.05, 0.1) is 16.6 Å². The minimum atomic E-state index is -1.17. The monoisotopic (exact) mass is 423 g/mol. The van der Waals surface area contributed by atoms with E-state index in [9.17, 15) is 19.2 Å². The number of benzene rings is 2. The number of allylic oxidation sites excluding steroid dienone is 1. The molecule has 30 heavy (non-hydrogen) atoms. The minimum absolute atomic E-state index is 0.121. The van der Waals surface area contributed by atoms with Crippen molar-refractivity contribution in [2.45, 2.75) is 32.3 Å². The number of hydrogen-bond acceptors (Lipinski definition) is 5. The van der Waals surface area contributed by atoms with Crippen LogP contribution in [-0.4, -0.2) is 29.2 Å². The molecule has 0 saturated heterocycles. The third-order valence-electron chi connectivity index (χ3n) is 4.92. The maximum atomic E-state index is 13.4. The standard InChI is InChI=1S/C23H18ClNO5/c1-23(2,3)30-22(29)25-15-11-7-6-10-14(15)16(21(25)28)17-18(24)20(27)13-9-5-4-8-12(13)19(17)26/h4-11,16H,1-3H3. The molecule has 152 valence electrons. The Bertz CT molecular complexity index is 1160. The maximum absolute atomic E-state index is 13.4. The van der Waals surface area contributed by atoms with Crippen molar-refractivity contribution in [1.29, 1.82) is 0 Å². The molecule has 1 heterocycles. The largest absolute Gasteiger partial charge is 0.443 e. The molecular weight excluding hydrogens is 406 g/mol. The number of para-hydroxylation sites is 1. The molecule has 7 heteroatoms. The average molecular weight is 424 g/mol. The van der Waals surface area contributed by atoms with Crippen LogP contribution in [0.2, 0.25) is 0 Å². The van der Waals surface area contributed by atoms with E-state index < -0.39 is 35.1 Å². The normalized spacial score (nSPS) is 18.5. The van der Waals surface area contributed by atoms with Gasteiger partial charge in [-0.05, 0) is 32.4 Å². The van der Waals surface area contributed by atoms with Crippen molar-refractivity contribution in [2.24, 2.45) is 0 Å². The summed E-state index contributed by atoms with van der Waals surface area (Å²) < 4.78 is 5.38. The fraction of sp³-hybridized carbons (Fsp3) is 0.217. The number of ketones is 2. The number of ether oxygens (including phenoxy) is 1. The van der Waals surface area contributed by atoms with Gasteiger partial charge in [0.15, 0.2) is 5.78 Å². The highest BCUT2D eigenvalue weighted by Crippen LogP contribution is 2.46. The summed E-state index contributed by atoms with van der Waals surface area (Å²) in [5.74, 6) is -2.89. The molecule has 2 aromatic rings. The van der Waals surface area contributed by atoms with Crippen LogP contribution < -0.4 is 4.90 Å². The first kappa shape index (κ1) is 20.0. The predicted molar refractivity (Wildman–Crippen MR) is 111 cm³/mol. The van der Waals surface area contributed by atoms with Crippen LogP contribution in [0.4, 0.5) is 10.5 Å². The Morgan fingerprint density at radius 2 is 1.50 bits per heavy atom. The van der Waals surface area contributed by atoms with Gasteiger partial charge in [0.1, 0.15) is 5.60 Å². The van der Waals surface area contributed by atoms with E-state index in [2.05, 4.69) is 0 Å². The number of carbonyl (C=O) groups excluding carboxylic acids is 4. The van der Waals surface area contributed by atoms with E-state index in [1.807, 2.05) is 0 Å². The van der Waals surface area contributed by atoms with Gasteiger partial charge in [0.2, 0.25) is 11.7 Å². The molecule has 0 aromatic heterocycles. The lowest BCUT2D eigenvalue weighted by molar-refractivity contribution is -0.118. The fourth-order valence-corrected chi connectivity index (χ4v) is 4.01. The molecule has 6 nitrogen and oxygen atoms in total. The lowest BCUT2D eigenvalue weighted by Gasteiger charge is -2.24. The summed E-state index contributed by atoms with van der Waals surface area (Å²) in [7, 11) is 0. The highest BCUT2D eigenvalue weighted by molar-refractivity contribution is 6.50. The quantitative estimate of drug-likeness (QED) is 0.668. The van der Waals surface area contributed by atoms with E-state index in [4.69, 9.17) is 16.3 Å². The lowest BCUT2D eigenvalue weighted by atomic mass is 9.81. The summed E-state index contributed by atoms with van der Waals surface area (Å²) in [6.07, 6.45) is -0.853. The summed E-state index contributed by atoms with van der Waals surface area (Å²) in [4.78, 5) is 53.1. The molecular formula is C23H18ClNO5. The number of imide groups is 1. The number of Topliss-reactive ketones (excluding diaryl/α,β-unsaturated/α-hetero) is 2. The Morgan fingerprint density at radius 1 is 0.933 bits per heavy atom. The molecule has 1 atom stereocenters. The SMILES string of the molecule is CC(C)(C)OC(=O)N1C(=O)C(C2=C(Cl)C(=O)c3ccccc3C2=O)c2ccccc21. The molecule has 0 bridgehead atoms. The highest BCUT2D eigenvalue weighted by atomic mass is 35.5. The predicted octanol–water partition coefficient (Wildman–Crippen LogP) is 4.62. The van der Waals surface area contributed by atoms with Crippen LogP contribution in [0.1, 0.15) is 53.0 Å². The first-order chi connectivity index (χ1) is 14.1. The zero-order valence-corrected chi connectivity index (χ0v) is 17.3. The van der Waals surface area contributed by atoms with Crippen LogP contribution >= 0.6 is 11.6 Å². The molecule has 1 aliphatic carbocycles. The molecule has 0 spiro atoms. The van der Waals surface area contributed by atoms with Gasteiger partial charge >= 0.3 is 6.09 Å². The Balaban J connectivity index is 1.85. The molecule has 4 rings (SSSR count). The van der Waals surface area contributed by atoms with Crippen LogP contribution in [0.3, 0.4) is 0 Å². The molecule has 1 unspecified atom stereocenters. The van der Waals surface area contributed by atoms with E-state index in [0.717, 1.165) is 4.90 Å². The van der Waals surface area contributed by atoms with E-state index in [1.54, 1.807) is 57.2 Å². The molecule has 1 aliphatic heterocycles. The second-order valence-electron chi connectivity index (χ2n) is 8.08. The molecule has 0 fully saturated rings. The summed E-state index contributed by atoms with van der Waals surface area (Å²) in [6.45, 7) is 5.07. The number of rotatable bonds is 1. The number of nitrogens with zero attached hydrogens (tertiary/aromatic N) is 1. The second kappa shape index (κ2) is 6.92. The lowest BCUT2D eigenvalue weighted by Crippen LogP contribution is -2.40. The molecule has 0 radical (unpaired) electrons. The van der Waals surface area contributed by atoms with E-state index >= 15 is 0 Å². The van der Waals surface area contributed by atoms with Crippen molar-refractivity contribution in [3.8, 4) is 0 Å². The van der Waals surface area contributed by atoms with Crippen molar-refractivity contribution in [3.63, 3.8) is 0 Å². The maximum Gasteiger partial charge on any atom is 0.421 e. The molecule has 0 N–H and O–H groups in total. The Labute approximate surface area is 178 Å². The van der Waals surface area contributed by atoms with Crippen LogP contribution in [-0.2, 0) is 9.53 Å². The zero-order chi connectivity index (χ0) is 21.8. The van der Waals surface area contributed by atoms with Gasteiger partial charge in [0, 0.05) is 16.7 Å². The van der Waals surface area contributed by atoms with E-state index in [-0.39, 0.29) is 21.7 Å². The van der Waals surface area contributed by atoms with Gasteiger partial charge in [-0.1, -0.05) is 54.1 Å². The van der Waals surface area contributed by atoms with Crippen molar-refractivity contribution < 1.29 is 23.9 Å². The van der Waals surface area contributed by atoms with Gasteiger partial charge in [-0.25, -0.2) is 9.69 Å². The first-order valence-electron chi connectivity index (χ1n) is 9.36. The van der Waals surface area contributed by atoms with E-state index in [1.165, 1.54) is 12.1 Å². The smallest absolute Gasteiger partial charge is 0.421 e. The average Bonchev–Trinajstić information content (AvgIpc) is 2.97. The Morgan fingerprint density at radius 3 is 2.13 bits per heavy atom. The van der Waals surface area contributed by atoms with E-state index in [0.29, 0.717) is 11.3 Å². The van der Waals surface area contributed by atoms with Crippen molar-refractivity contribution in [3.05, 3.63) is 75.8 Å². The van der Waals surface area contributed by atoms with Crippen LogP contribution in [0.25, 0.3) is 0 Å². The molecule has 2 aliphatic rings. The summed E-state index contributed by atoms with van der Waals surface area (Å²) in [6, 6.07) is 12.9. The van der Waals surface area contributed by atoms with Gasteiger partial charge in [-0.2, -0.15) is 0 Å². The highest BCUT2D eigenvalue weighted by Gasteiger charge is 2.48. The third-order valence-corrected chi connectivity index (χ3v) is 5.29. The topological polar surface area (TPSA) is 80.8 Å². The number of carbonyl (C=O) groups is 4. The number of hydrogen-bond donors (Lipinski definition) is 0. The van der Waals surface area contributed by atoms with Gasteiger partial charge < -0.3 is 4.74 Å². The Kier molecular flexibility index (Phi) is 4.62. The number of anilines is 1. The first-order valence-corrected chi connectivity index (χ1v) is 9.73.